The molecule has 0 aliphatic carbocycles. The number of hydrogen-bond acceptors (Lipinski definition) is 6. The molecule has 0 aromatic rings. The van der Waals surface area contributed by atoms with Gasteiger partial charge in [-0.05, 0) is 25.9 Å². The Labute approximate surface area is 224 Å². The Balaban J connectivity index is 2.23. The van der Waals surface area contributed by atoms with Gasteiger partial charge in [0.1, 0.15) is 0 Å². The molecule has 6 nitrogen and oxygen atoms in total. The fraction of sp³-hybridized carbons (Fsp3) is 1.00. The summed E-state index contributed by atoms with van der Waals surface area (Å²) in [5, 5.41) is 0. The maximum absolute atomic E-state index is 5.89. The number of hydrogen-bond donors (Lipinski definition) is 0. The van der Waals surface area contributed by atoms with Gasteiger partial charge in [0.2, 0.25) is 0 Å². The molecular formula is C30H62N2O4. The lowest BCUT2D eigenvalue weighted by molar-refractivity contribution is 0.00776. The van der Waals surface area contributed by atoms with E-state index in [0.717, 1.165) is 65.7 Å². The van der Waals surface area contributed by atoms with Crippen LogP contribution in [0.3, 0.4) is 0 Å². The van der Waals surface area contributed by atoms with E-state index in [1.807, 2.05) is 0 Å². The second-order valence-electron chi connectivity index (χ2n) is 10.4. The Hall–Kier alpha value is -0.240. The summed E-state index contributed by atoms with van der Waals surface area (Å²) in [5.41, 5.74) is 0. The minimum Gasteiger partial charge on any atom is -0.378 e. The highest BCUT2D eigenvalue weighted by Gasteiger charge is 2.08. The molecule has 36 heavy (non-hydrogen) atoms. The Morgan fingerprint density at radius 1 is 0.361 bits per heavy atom. The molecule has 0 N–H and O–H groups in total. The van der Waals surface area contributed by atoms with Crippen molar-refractivity contribution < 1.29 is 18.9 Å². The standard InChI is InChI=1S/C30H62N2O4/c1-3-5-7-9-11-13-15-17-31-19-23-33-27-29-35-25-21-32(18-16-14-12-10-8-6-4-2)22-26-36-30-28-34-24-20-31/h3-30H2,1-2H3. The van der Waals surface area contributed by atoms with Crippen molar-refractivity contribution in [3.05, 3.63) is 0 Å². The molecule has 1 saturated heterocycles. The number of nitrogens with zero attached hydrogens (tertiary/aromatic N) is 2. The first-order valence-electron chi connectivity index (χ1n) is 15.6. The lowest BCUT2D eigenvalue weighted by atomic mass is 10.1. The van der Waals surface area contributed by atoms with E-state index in [-0.39, 0.29) is 0 Å². The van der Waals surface area contributed by atoms with Gasteiger partial charge in [-0.1, -0.05) is 90.9 Å². The molecule has 0 unspecified atom stereocenters. The third-order valence-electron chi connectivity index (χ3n) is 7.11. The highest BCUT2D eigenvalue weighted by Crippen LogP contribution is 2.09. The predicted molar refractivity (Wildman–Crippen MR) is 152 cm³/mol. The molecule has 0 atom stereocenters. The summed E-state index contributed by atoms with van der Waals surface area (Å²) < 4.78 is 23.5. The maximum atomic E-state index is 5.89. The molecule has 1 aliphatic heterocycles. The van der Waals surface area contributed by atoms with Crippen molar-refractivity contribution >= 4 is 0 Å². The summed E-state index contributed by atoms with van der Waals surface area (Å²) in [7, 11) is 0. The van der Waals surface area contributed by atoms with Crippen LogP contribution < -0.4 is 0 Å². The van der Waals surface area contributed by atoms with Crippen LogP contribution in [0.25, 0.3) is 0 Å². The Morgan fingerprint density at radius 2 is 0.639 bits per heavy atom. The van der Waals surface area contributed by atoms with Crippen LogP contribution in [0.15, 0.2) is 0 Å². The molecule has 0 aromatic carbocycles. The van der Waals surface area contributed by atoms with Gasteiger partial charge in [-0.2, -0.15) is 0 Å². The zero-order chi connectivity index (χ0) is 25.8. The van der Waals surface area contributed by atoms with Crippen LogP contribution in [-0.2, 0) is 18.9 Å². The van der Waals surface area contributed by atoms with E-state index in [1.165, 1.54) is 89.9 Å². The fourth-order valence-electron chi connectivity index (χ4n) is 4.67. The van der Waals surface area contributed by atoms with Crippen LogP contribution in [0.4, 0.5) is 0 Å². The Morgan fingerprint density at radius 3 is 0.944 bits per heavy atom. The molecule has 0 saturated carbocycles. The van der Waals surface area contributed by atoms with Crippen LogP contribution in [-0.4, -0.2) is 102 Å². The predicted octanol–water partition coefficient (Wildman–Crippen LogP) is 6.17. The average molecular weight is 515 g/mol. The van der Waals surface area contributed by atoms with Gasteiger partial charge in [0, 0.05) is 26.2 Å². The highest BCUT2D eigenvalue weighted by molar-refractivity contribution is 4.60. The van der Waals surface area contributed by atoms with E-state index in [2.05, 4.69) is 23.6 Å². The van der Waals surface area contributed by atoms with Gasteiger partial charge in [-0.3, -0.25) is 9.80 Å². The van der Waals surface area contributed by atoms with Gasteiger partial charge in [-0.15, -0.1) is 0 Å². The molecule has 0 bridgehead atoms. The van der Waals surface area contributed by atoms with Crippen LogP contribution >= 0.6 is 0 Å². The highest BCUT2D eigenvalue weighted by atomic mass is 16.5. The first-order chi connectivity index (χ1) is 17.9. The third kappa shape index (κ3) is 22.9. The Bertz CT molecular complexity index is 370. The van der Waals surface area contributed by atoms with Gasteiger partial charge in [0.15, 0.2) is 0 Å². The molecule has 1 fully saturated rings. The van der Waals surface area contributed by atoms with E-state index < -0.39 is 0 Å². The van der Waals surface area contributed by atoms with Crippen molar-refractivity contribution in [2.75, 3.05) is 92.1 Å². The van der Waals surface area contributed by atoms with E-state index in [1.54, 1.807) is 0 Å². The van der Waals surface area contributed by atoms with E-state index >= 15 is 0 Å². The first kappa shape index (κ1) is 33.8. The summed E-state index contributed by atoms with van der Waals surface area (Å²) in [5.74, 6) is 0. The lowest BCUT2D eigenvalue weighted by Gasteiger charge is -2.23. The molecule has 0 aromatic heterocycles. The quantitative estimate of drug-likeness (QED) is 0.229. The number of ether oxygens (including phenoxy) is 4. The average Bonchev–Trinajstić information content (AvgIpc) is 2.89. The van der Waals surface area contributed by atoms with E-state index in [9.17, 15) is 0 Å². The topological polar surface area (TPSA) is 43.4 Å². The van der Waals surface area contributed by atoms with Gasteiger partial charge in [0.25, 0.3) is 0 Å². The molecular weight excluding hydrogens is 452 g/mol. The van der Waals surface area contributed by atoms with Crippen molar-refractivity contribution in [3.8, 4) is 0 Å². The van der Waals surface area contributed by atoms with Crippen molar-refractivity contribution in [1.29, 1.82) is 0 Å². The number of unbranched alkanes of at least 4 members (excludes halogenated alkanes) is 12. The van der Waals surface area contributed by atoms with Crippen LogP contribution in [0.2, 0.25) is 0 Å². The second-order valence-corrected chi connectivity index (χ2v) is 10.4. The van der Waals surface area contributed by atoms with Gasteiger partial charge in [0.05, 0.1) is 52.9 Å². The van der Waals surface area contributed by atoms with Gasteiger partial charge in [-0.25, -0.2) is 0 Å². The van der Waals surface area contributed by atoms with E-state index in [0.29, 0.717) is 26.4 Å². The Kier molecular flexibility index (Phi) is 26.1. The summed E-state index contributed by atoms with van der Waals surface area (Å²) in [6, 6.07) is 0. The molecule has 0 amide bonds. The molecule has 6 heteroatoms. The van der Waals surface area contributed by atoms with Gasteiger partial charge < -0.3 is 18.9 Å². The monoisotopic (exact) mass is 514 g/mol. The minimum atomic E-state index is 0.683. The van der Waals surface area contributed by atoms with Crippen molar-refractivity contribution in [1.82, 2.24) is 9.80 Å². The van der Waals surface area contributed by atoms with Crippen molar-refractivity contribution in [3.63, 3.8) is 0 Å². The first-order valence-corrected chi connectivity index (χ1v) is 15.6. The number of rotatable bonds is 16. The summed E-state index contributed by atoms with van der Waals surface area (Å²) >= 11 is 0. The summed E-state index contributed by atoms with van der Waals surface area (Å²) in [6.45, 7) is 16.6. The molecule has 1 rings (SSSR count). The van der Waals surface area contributed by atoms with Crippen LogP contribution in [0.5, 0.6) is 0 Å². The third-order valence-corrected chi connectivity index (χ3v) is 7.11. The molecule has 1 aliphatic rings. The zero-order valence-electron chi connectivity index (χ0n) is 24.3. The zero-order valence-corrected chi connectivity index (χ0v) is 24.3. The summed E-state index contributed by atoms with van der Waals surface area (Å²) in [4.78, 5) is 5.00. The van der Waals surface area contributed by atoms with Crippen molar-refractivity contribution in [2.45, 2.75) is 104 Å². The summed E-state index contributed by atoms with van der Waals surface area (Å²) in [6.07, 6.45) is 18.9. The molecule has 0 spiro atoms. The van der Waals surface area contributed by atoms with E-state index in [4.69, 9.17) is 18.9 Å². The SMILES string of the molecule is CCCCCCCCCN1CCOCCOCCN(CCCCCCCCC)CCOCCOCC1. The van der Waals surface area contributed by atoms with Crippen molar-refractivity contribution in [2.24, 2.45) is 0 Å². The maximum Gasteiger partial charge on any atom is 0.0701 e. The molecule has 1 heterocycles. The largest absolute Gasteiger partial charge is 0.378 e. The van der Waals surface area contributed by atoms with Crippen LogP contribution in [0.1, 0.15) is 104 Å². The van der Waals surface area contributed by atoms with Crippen LogP contribution in [0, 0.1) is 0 Å². The smallest absolute Gasteiger partial charge is 0.0701 e. The minimum absolute atomic E-state index is 0.683. The second kappa shape index (κ2) is 27.8. The lowest BCUT2D eigenvalue weighted by Crippen LogP contribution is -2.34. The molecule has 0 radical (unpaired) electrons. The fourth-order valence-corrected chi connectivity index (χ4v) is 4.67. The normalized spacial score (nSPS) is 19.2. The van der Waals surface area contributed by atoms with Gasteiger partial charge >= 0.3 is 0 Å². The molecule has 216 valence electrons.